The number of hydrogen-bond donors (Lipinski definition) is 1. The molecule has 0 aromatic heterocycles. The zero-order valence-corrected chi connectivity index (χ0v) is 9.15. The molecular formula is C12H16O4. The van der Waals surface area contributed by atoms with Crippen LogP contribution in [0.2, 0.25) is 0 Å². The molecule has 16 heavy (non-hydrogen) atoms. The predicted octanol–water partition coefficient (Wildman–Crippen LogP) is 1.75. The summed E-state index contributed by atoms with van der Waals surface area (Å²) in [7, 11) is 0. The normalized spacial score (nSPS) is 36.0. The number of carbonyl (C=O) groups is 2. The van der Waals surface area contributed by atoms with E-state index in [1.54, 1.807) is 6.08 Å². The van der Waals surface area contributed by atoms with Crippen LogP contribution in [0.15, 0.2) is 12.7 Å². The summed E-state index contributed by atoms with van der Waals surface area (Å²) >= 11 is 0. The van der Waals surface area contributed by atoms with Crippen molar-refractivity contribution in [3.8, 4) is 0 Å². The van der Waals surface area contributed by atoms with Crippen molar-refractivity contribution in [1.29, 1.82) is 0 Å². The Morgan fingerprint density at radius 2 is 2.25 bits per heavy atom. The van der Waals surface area contributed by atoms with E-state index in [1.807, 2.05) is 0 Å². The van der Waals surface area contributed by atoms with E-state index < -0.39 is 24.0 Å². The molecule has 0 aliphatic heterocycles. The van der Waals surface area contributed by atoms with Crippen LogP contribution in [0, 0.1) is 11.8 Å². The maximum absolute atomic E-state index is 11.4. The Balaban J connectivity index is 2.03. The van der Waals surface area contributed by atoms with Crippen molar-refractivity contribution >= 4 is 11.9 Å². The molecule has 2 aliphatic rings. The highest BCUT2D eigenvalue weighted by molar-refractivity contribution is 5.90. The lowest BCUT2D eigenvalue weighted by atomic mass is 9.84. The van der Waals surface area contributed by atoms with Gasteiger partial charge in [-0.05, 0) is 37.7 Å². The molecule has 0 aromatic carbocycles. The average molecular weight is 224 g/mol. The van der Waals surface area contributed by atoms with Gasteiger partial charge in [-0.3, -0.25) is 9.59 Å². The van der Waals surface area contributed by atoms with Crippen LogP contribution in [0.4, 0.5) is 0 Å². The molecule has 1 N–H and O–H groups in total. The second-order valence-electron chi connectivity index (χ2n) is 4.78. The lowest BCUT2D eigenvalue weighted by Gasteiger charge is -2.34. The van der Waals surface area contributed by atoms with Crippen LogP contribution in [0.25, 0.3) is 0 Å². The molecule has 2 fully saturated rings. The summed E-state index contributed by atoms with van der Waals surface area (Å²) in [5, 5.41) is 8.52. The maximum Gasteiger partial charge on any atom is 0.318 e. The second-order valence-corrected chi connectivity index (χ2v) is 4.78. The van der Waals surface area contributed by atoms with E-state index >= 15 is 0 Å². The molecule has 4 heteroatoms. The van der Waals surface area contributed by atoms with Crippen LogP contribution in [0.1, 0.15) is 32.1 Å². The molecule has 2 saturated carbocycles. The van der Waals surface area contributed by atoms with Gasteiger partial charge in [0.05, 0.1) is 0 Å². The van der Waals surface area contributed by atoms with Gasteiger partial charge in [-0.1, -0.05) is 6.58 Å². The van der Waals surface area contributed by atoms with Gasteiger partial charge in [-0.25, -0.2) is 0 Å². The Labute approximate surface area is 94.3 Å². The van der Waals surface area contributed by atoms with Crippen LogP contribution in [-0.2, 0) is 14.3 Å². The molecule has 0 heterocycles. The highest BCUT2D eigenvalue weighted by Crippen LogP contribution is 2.53. The summed E-state index contributed by atoms with van der Waals surface area (Å²) in [6, 6.07) is 0. The van der Waals surface area contributed by atoms with Crippen molar-refractivity contribution in [3.05, 3.63) is 12.7 Å². The molecule has 0 amide bonds. The van der Waals surface area contributed by atoms with E-state index in [0.717, 1.165) is 19.3 Å². The van der Waals surface area contributed by atoms with Crippen molar-refractivity contribution in [2.45, 2.75) is 37.7 Å². The van der Waals surface area contributed by atoms with Crippen molar-refractivity contribution in [1.82, 2.24) is 0 Å². The van der Waals surface area contributed by atoms with Crippen molar-refractivity contribution in [2.75, 3.05) is 0 Å². The van der Waals surface area contributed by atoms with Gasteiger partial charge in [0.1, 0.15) is 12.0 Å². The predicted molar refractivity (Wildman–Crippen MR) is 56.7 cm³/mol. The van der Waals surface area contributed by atoms with E-state index in [4.69, 9.17) is 9.84 Å². The fraction of sp³-hybridized carbons (Fsp3) is 0.667. The zero-order chi connectivity index (χ0) is 11.8. The first-order chi connectivity index (χ1) is 7.55. The Morgan fingerprint density at radius 1 is 1.50 bits per heavy atom. The first-order valence-corrected chi connectivity index (χ1v) is 5.63. The molecule has 2 aliphatic carbocycles. The highest BCUT2D eigenvalue weighted by Gasteiger charge is 2.51. The molecule has 2 bridgehead atoms. The number of carbonyl (C=O) groups excluding carboxylic acids is 1. The van der Waals surface area contributed by atoms with Crippen LogP contribution < -0.4 is 0 Å². The van der Waals surface area contributed by atoms with Gasteiger partial charge in [-0.15, -0.1) is 0 Å². The molecule has 3 atom stereocenters. The van der Waals surface area contributed by atoms with Gasteiger partial charge in [0, 0.05) is 5.92 Å². The number of esters is 1. The zero-order valence-electron chi connectivity index (χ0n) is 9.15. The first kappa shape index (κ1) is 11.2. The average Bonchev–Trinajstić information content (AvgIpc) is 2.76. The summed E-state index contributed by atoms with van der Waals surface area (Å²) in [4.78, 5) is 21.8. The highest BCUT2D eigenvalue weighted by atomic mass is 16.6. The standard InChI is InChI=1S/C12H16O4/c1-2-12(16-11(15)6-10(13)14)7-8-3-4-9(12)5-8/h2,8-9H,1,3-7H2,(H,13,14). The van der Waals surface area contributed by atoms with Crippen molar-refractivity contribution < 1.29 is 19.4 Å². The topological polar surface area (TPSA) is 63.6 Å². The van der Waals surface area contributed by atoms with Gasteiger partial charge in [0.2, 0.25) is 0 Å². The van der Waals surface area contributed by atoms with Gasteiger partial charge in [-0.2, -0.15) is 0 Å². The summed E-state index contributed by atoms with van der Waals surface area (Å²) in [6.07, 6.45) is 5.26. The van der Waals surface area contributed by atoms with E-state index in [9.17, 15) is 9.59 Å². The maximum atomic E-state index is 11.4. The van der Waals surface area contributed by atoms with Crippen molar-refractivity contribution in [3.63, 3.8) is 0 Å². The number of rotatable bonds is 4. The Morgan fingerprint density at radius 3 is 2.69 bits per heavy atom. The fourth-order valence-electron chi connectivity index (χ4n) is 3.11. The van der Waals surface area contributed by atoms with Gasteiger partial charge in [0.25, 0.3) is 0 Å². The molecule has 4 nitrogen and oxygen atoms in total. The lowest BCUT2D eigenvalue weighted by molar-refractivity contribution is -0.163. The van der Waals surface area contributed by atoms with Crippen LogP contribution in [0.5, 0.6) is 0 Å². The summed E-state index contributed by atoms with van der Waals surface area (Å²) < 4.78 is 5.36. The third-order valence-corrected chi connectivity index (χ3v) is 3.78. The van der Waals surface area contributed by atoms with Gasteiger partial charge in [0.15, 0.2) is 0 Å². The largest absolute Gasteiger partial charge is 0.481 e. The SMILES string of the molecule is C=CC1(OC(=O)CC(=O)O)CC2CCC1C2. The summed E-state index contributed by atoms with van der Waals surface area (Å²) in [6.45, 7) is 3.74. The molecule has 0 saturated heterocycles. The van der Waals surface area contributed by atoms with E-state index in [0.29, 0.717) is 11.8 Å². The third-order valence-electron chi connectivity index (χ3n) is 3.78. The third kappa shape index (κ3) is 1.84. The van der Waals surface area contributed by atoms with Crippen LogP contribution >= 0.6 is 0 Å². The summed E-state index contributed by atoms with van der Waals surface area (Å²) in [5.41, 5.74) is -0.588. The fourth-order valence-corrected chi connectivity index (χ4v) is 3.11. The lowest BCUT2D eigenvalue weighted by Crippen LogP contribution is -2.38. The minimum absolute atomic E-state index is 0.341. The molecule has 3 unspecified atom stereocenters. The second kappa shape index (κ2) is 3.92. The number of carboxylic acid groups (broad SMARTS) is 1. The van der Waals surface area contributed by atoms with E-state index in [2.05, 4.69) is 6.58 Å². The van der Waals surface area contributed by atoms with Gasteiger partial charge < -0.3 is 9.84 Å². The number of hydrogen-bond acceptors (Lipinski definition) is 3. The molecule has 0 aromatic rings. The van der Waals surface area contributed by atoms with Crippen LogP contribution in [-0.4, -0.2) is 22.6 Å². The Hall–Kier alpha value is -1.32. The quantitative estimate of drug-likeness (QED) is 0.449. The monoisotopic (exact) mass is 224 g/mol. The number of fused-ring (bicyclic) bond motifs is 2. The Kier molecular flexibility index (Phi) is 2.74. The van der Waals surface area contributed by atoms with E-state index in [1.165, 1.54) is 6.42 Å². The molecule has 0 radical (unpaired) electrons. The first-order valence-electron chi connectivity index (χ1n) is 5.63. The molecule has 2 rings (SSSR count). The summed E-state index contributed by atoms with van der Waals surface area (Å²) in [5.74, 6) is -0.847. The number of aliphatic carboxylic acids is 1. The van der Waals surface area contributed by atoms with Gasteiger partial charge >= 0.3 is 11.9 Å². The smallest absolute Gasteiger partial charge is 0.318 e. The van der Waals surface area contributed by atoms with Crippen LogP contribution in [0.3, 0.4) is 0 Å². The minimum Gasteiger partial charge on any atom is -0.481 e. The Bertz CT molecular complexity index is 336. The molecule has 0 spiro atoms. The minimum atomic E-state index is -1.15. The molecule has 88 valence electrons. The van der Waals surface area contributed by atoms with E-state index in [-0.39, 0.29) is 0 Å². The number of ether oxygens (including phenoxy) is 1. The molecular weight excluding hydrogens is 208 g/mol. The number of carboxylic acids is 1. The van der Waals surface area contributed by atoms with Crippen molar-refractivity contribution in [2.24, 2.45) is 11.8 Å².